The second-order valence-corrected chi connectivity index (χ2v) is 4.54. The highest BCUT2D eigenvalue weighted by atomic mass is 35.5. The Labute approximate surface area is 99.6 Å². The van der Waals surface area contributed by atoms with E-state index in [4.69, 9.17) is 11.6 Å². The Morgan fingerprint density at radius 3 is 3.06 bits per heavy atom. The topological polar surface area (TPSA) is 39.9 Å². The maximum Gasteiger partial charge on any atom is 0.0653 e. The van der Waals surface area contributed by atoms with E-state index < -0.39 is 0 Å². The lowest BCUT2D eigenvalue weighted by atomic mass is 10.1. The van der Waals surface area contributed by atoms with Crippen LogP contribution in [0.5, 0.6) is 0 Å². The molecule has 2 aliphatic heterocycles. The molecule has 3 heterocycles. The lowest BCUT2D eigenvalue weighted by Crippen LogP contribution is -2.22. The summed E-state index contributed by atoms with van der Waals surface area (Å²) in [6.45, 7) is 2.85. The Morgan fingerprint density at radius 2 is 2.25 bits per heavy atom. The molecule has 2 aliphatic rings. The normalized spacial score (nSPS) is 19.6. The number of fused-ring (bicyclic) bond motifs is 1. The zero-order valence-electron chi connectivity index (χ0n) is 8.94. The van der Waals surface area contributed by atoms with E-state index in [1.54, 1.807) is 0 Å². The number of hydrogen-bond donors (Lipinski definition) is 3. The van der Waals surface area contributed by atoms with Crippen LogP contribution in [0.1, 0.15) is 17.0 Å². The molecule has 3 N–H and O–H groups in total. The van der Waals surface area contributed by atoms with Gasteiger partial charge in [-0.25, -0.2) is 0 Å². The average Bonchev–Trinajstić information content (AvgIpc) is 2.73. The molecule has 3 rings (SSSR count). The SMILES string of the molecule is ClC1=CNCC=C1c1cc2c([nH]1)CCNC2. The van der Waals surface area contributed by atoms with Gasteiger partial charge in [0.25, 0.3) is 0 Å². The Morgan fingerprint density at radius 1 is 1.31 bits per heavy atom. The van der Waals surface area contributed by atoms with Crippen molar-refractivity contribution in [1.29, 1.82) is 0 Å². The van der Waals surface area contributed by atoms with Gasteiger partial charge in [0.15, 0.2) is 0 Å². The van der Waals surface area contributed by atoms with Crippen LogP contribution in [0, 0.1) is 0 Å². The number of H-pyrrole nitrogens is 1. The quantitative estimate of drug-likeness (QED) is 0.694. The van der Waals surface area contributed by atoms with Crippen LogP contribution in [0.2, 0.25) is 0 Å². The largest absolute Gasteiger partial charge is 0.386 e. The number of rotatable bonds is 1. The highest BCUT2D eigenvalue weighted by molar-refractivity contribution is 6.37. The predicted molar refractivity (Wildman–Crippen MR) is 66.1 cm³/mol. The van der Waals surface area contributed by atoms with Crippen LogP contribution in [-0.2, 0) is 13.0 Å². The summed E-state index contributed by atoms with van der Waals surface area (Å²) in [7, 11) is 0. The van der Waals surface area contributed by atoms with E-state index in [1.807, 2.05) is 6.20 Å². The second kappa shape index (κ2) is 4.00. The van der Waals surface area contributed by atoms with Crippen LogP contribution in [-0.4, -0.2) is 18.1 Å². The highest BCUT2D eigenvalue weighted by Gasteiger charge is 2.16. The molecule has 0 saturated heterocycles. The smallest absolute Gasteiger partial charge is 0.0653 e. The first-order valence-electron chi connectivity index (χ1n) is 5.56. The molecule has 0 amide bonds. The Hall–Kier alpha value is -1.19. The summed E-state index contributed by atoms with van der Waals surface area (Å²) in [5, 5.41) is 7.24. The summed E-state index contributed by atoms with van der Waals surface area (Å²) in [5.74, 6) is 0. The van der Waals surface area contributed by atoms with Gasteiger partial charge in [-0.1, -0.05) is 17.7 Å². The molecular formula is C12H14ClN3. The molecule has 0 radical (unpaired) electrons. The van der Waals surface area contributed by atoms with Crippen LogP contribution < -0.4 is 10.6 Å². The number of dihydropyridines is 1. The predicted octanol–water partition coefficient (Wildman–Crippen LogP) is 1.73. The zero-order valence-corrected chi connectivity index (χ0v) is 9.69. The Balaban J connectivity index is 1.98. The van der Waals surface area contributed by atoms with Gasteiger partial charge in [0, 0.05) is 49.2 Å². The van der Waals surface area contributed by atoms with Gasteiger partial charge in [-0.15, -0.1) is 0 Å². The molecule has 0 aromatic carbocycles. The van der Waals surface area contributed by atoms with Gasteiger partial charge in [0.2, 0.25) is 0 Å². The number of allylic oxidation sites excluding steroid dienone is 2. The van der Waals surface area contributed by atoms with E-state index in [-0.39, 0.29) is 0 Å². The van der Waals surface area contributed by atoms with Crippen LogP contribution in [0.15, 0.2) is 23.4 Å². The summed E-state index contributed by atoms with van der Waals surface area (Å²) in [4.78, 5) is 3.47. The molecule has 84 valence electrons. The van der Waals surface area contributed by atoms with Crippen molar-refractivity contribution >= 4 is 17.2 Å². The molecule has 0 saturated carbocycles. The van der Waals surface area contributed by atoms with Crippen molar-refractivity contribution in [3.8, 4) is 0 Å². The summed E-state index contributed by atoms with van der Waals surface area (Å²) >= 11 is 6.18. The first-order valence-corrected chi connectivity index (χ1v) is 5.94. The van der Waals surface area contributed by atoms with Gasteiger partial charge in [-0.05, 0) is 11.6 Å². The van der Waals surface area contributed by atoms with E-state index >= 15 is 0 Å². The van der Waals surface area contributed by atoms with Gasteiger partial charge in [-0.2, -0.15) is 0 Å². The standard InChI is InChI=1S/C12H14ClN3/c13-10-7-15-3-1-9(10)12-5-8-6-14-4-2-11(8)16-12/h1,5,7,14-16H,2-4,6H2. The summed E-state index contributed by atoms with van der Waals surface area (Å²) in [5.41, 5.74) is 4.95. The first kappa shape index (κ1) is 10.00. The molecular weight excluding hydrogens is 222 g/mol. The fraction of sp³-hybridized carbons (Fsp3) is 0.333. The van der Waals surface area contributed by atoms with Crippen molar-refractivity contribution in [3.05, 3.63) is 40.3 Å². The lowest BCUT2D eigenvalue weighted by Gasteiger charge is -2.11. The van der Waals surface area contributed by atoms with Crippen LogP contribution in [0.4, 0.5) is 0 Å². The molecule has 1 aromatic heterocycles. The van der Waals surface area contributed by atoms with Crippen LogP contribution >= 0.6 is 11.6 Å². The third-order valence-electron chi connectivity index (χ3n) is 3.06. The fourth-order valence-corrected chi connectivity index (χ4v) is 2.48. The molecule has 0 unspecified atom stereocenters. The molecule has 0 atom stereocenters. The van der Waals surface area contributed by atoms with Crippen molar-refractivity contribution < 1.29 is 0 Å². The van der Waals surface area contributed by atoms with Gasteiger partial charge in [-0.3, -0.25) is 0 Å². The van der Waals surface area contributed by atoms with Crippen LogP contribution in [0.3, 0.4) is 0 Å². The van der Waals surface area contributed by atoms with E-state index in [0.29, 0.717) is 0 Å². The summed E-state index contributed by atoms with van der Waals surface area (Å²) in [6.07, 6.45) is 5.05. The number of halogens is 1. The monoisotopic (exact) mass is 235 g/mol. The average molecular weight is 236 g/mol. The summed E-state index contributed by atoms with van der Waals surface area (Å²) in [6, 6.07) is 2.20. The van der Waals surface area contributed by atoms with E-state index in [0.717, 1.165) is 42.4 Å². The number of aromatic nitrogens is 1. The molecule has 1 aromatic rings. The Bertz CT molecular complexity index is 447. The Kier molecular flexibility index (Phi) is 2.50. The minimum Gasteiger partial charge on any atom is -0.386 e. The highest BCUT2D eigenvalue weighted by Crippen LogP contribution is 2.28. The van der Waals surface area contributed by atoms with Gasteiger partial charge >= 0.3 is 0 Å². The maximum absolute atomic E-state index is 6.18. The molecule has 0 bridgehead atoms. The van der Waals surface area contributed by atoms with Crippen molar-refractivity contribution in [2.75, 3.05) is 13.1 Å². The molecule has 0 fully saturated rings. The van der Waals surface area contributed by atoms with Crippen molar-refractivity contribution in [2.45, 2.75) is 13.0 Å². The molecule has 4 heteroatoms. The van der Waals surface area contributed by atoms with Crippen molar-refractivity contribution in [2.24, 2.45) is 0 Å². The number of hydrogen-bond acceptors (Lipinski definition) is 2. The maximum atomic E-state index is 6.18. The molecule has 0 spiro atoms. The number of nitrogens with one attached hydrogen (secondary N) is 3. The fourth-order valence-electron chi connectivity index (χ4n) is 2.23. The molecule has 3 nitrogen and oxygen atoms in total. The third-order valence-corrected chi connectivity index (χ3v) is 3.37. The molecule has 0 aliphatic carbocycles. The lowest BCUT2D eigenvalue weighted by molar-refractivity contribution is 0.638. The van der Waals surface area contributed by atoms with Gasteiger partial charge < -0.3 is 15.6 Å². The van der Waals surface area contributed by atoms with E-state index in [9.17, 15) is 0 Å². The van der Waals surface area contributed by atoms with Crippen molar-refractivity contribution in [1.82, 2.24) is 15.6 Å². The van der Waals surface area contributed by atoms with E-state index in [1.165, 1.54) is 11.3 Å². The van der Waals surface area contributed by atoms with Crippen molar-refractivity contribution in [3.63, 3.8) is 0 Å². The third kappa shape index (κ3) is 1.66. The number of aromatic amines is 1. The van der Waals surface area contributed by atoms with Gasteiger partial charge in [0.1, 0.15) is 0 Å². The van der Waals surface area contributed by atoms with Crippen LogP contribution in [0.25, 0.3) is 5.57 Å². The van der Waals surface area contributed by atoms with Gasteiger partial charge in [0.05, 0.1) is 5.03 Å². The molecule has 16 heavy (non-hydrogen) atoms. The minimum atomic E-state index is 0.776. The zero-order chi connectivity index (χ0) is 11.0. The minimum absolute atomic E-state index is 0.776. The van der Waals surface area contributed by atoms with E-state index in [2.05, 4.69) is 27.8 Å². The second-order valence-electron chi connectivity index (χ2n) is 4.13. The first-order chi connectivity index (χ1) is 7.84. The summed E-state index contributed by atoms with van der Waals surface area (Å²) < 4.78 is 0.